The largest absolute Gasteiger partial charge is 0.369 e. The Hall–Kier alpha value is -1.80. The van der Waals surface area contributed by atoms with Gasteiger partial charge in [0.2, 0.25) is 0 Å². The molecule has 2 heteroatoms. The Morgan fingerprint density at radius 3 is 1.89 bits per heavy atom. The molecule has 0 bridgehead atoms. The van der Waals surface area contributed by atoms with Gasteiger partial charge >= 0.3 is 0 Å². The molecule has 0 saturated carbocycles. The summed E-state index contributed by atoms with van der Waals surface area (Å²) in [6, 6.07) is 19.5. The van der Waals surface area contributed by atoms with Crippen molar-refractivity contribution in [3.05, 3.63) is 54.6 Å². The summed E-state index contributed by atoms with van der Waals surface area (Å²) >= 11 is 0. The molecule has 0 aromatic heterocycles. The van der Waals surface area contributed by atoms with Gasteiger partial charge in [0.25, 0.3) is 0 Å². The maximum absolute atomic E-state index is 2.47. The lowest BCUT2D eigenvalue weighted by molar-refractivity contribution is 0.313. The second kappa shape index (κ2) is 5.45. The first kappa shape index (κ1) is 12.2. The second-order valence-corrected chi connectivity index (χ2v) is 5.20. The molecule has 2 aromatic carbocycles. The van der Waals surface area contributed by atoms with E-state index >= 15 is 0 Å². The molecule has 3 rings (SSSR count). The zero-order valence-corrected chi connectivity index (χ0v) is 11.4. The Morgan fingerprint density at radius 1 is 0.684 bits per heavy atom. The van der Waals surface area contributed by atoms with Crippen LogP contribution in [-0.2, 0) is 0 Å². The van der Waals surface area contributed by atoms with Crippen LogP contribution in [0.5, 0.6) is 0 Å². The molecule has 0 amide bonds. The fourth-order valence-electron chi connectivity index (χ4n) is 2.56. The highest BCUT2D eigenvalue weighted by Crippen LogP contribution is 2.23. The number of anilines is 1. The lowest BCUT2D eigenvalue weighted by Gasteiger charge is -2.34. The number of rotatable bonds is 2. The van der Waals surface area contributed by atoms with E-state index in [1.807, 2.05) is 0 Å². The summed E-state index contributed by atoms with van der Waals surface area (Å²) < 4.78 is 0. The highest BCUT2D eigenvalue weighted by molar-refractivity contribution is 5.66. The SMILES string of the molecule is CN1CCN(c2ccc(-c3ccccc3)cc2)CC1. The van der Waals surface area contributed by atoms with Gasteiger partial charge in [-0.1, -0.05) is 42.5 Å². The van der Waals surface area contributed by atoms with E-state index < -0.39 is 0 Å². The van der Waals surface area contributed by atoms with E-state index in [2.05, 4.69) is 71.4 Å². The van der Waals surface area contributed by atoms with Crippen molar-refractivity contribution in [1.29, 1.82) is 0 Å². The Balaban J connectivity index is 1.76. The van der Waals surface area contributed by atoms with Crippen molar-refractivity contribution >= 4 is 5.69 Å². The number of benzene rings is 2. The van der Waals surface area contributed by atoms with Crippen molar-refractivity contribution in [1.82, 2.24) is 4.90 Å². The quantitative estimate of drug-likeness (QED) is 0.810. The fraction of sp³-hybridized carbons (Fsp3) is 0.294. The van der Waals surface area contributed by atoms with Gasteiger partial charge in [0.1, 0.15) is 0 Å². The number of hydrogen-bond acceptors (Lipinski definition) is 2. The maximum atomic E-state index is 2.47. The normalized spacial score (nSPS) is 16.6. The van der Waals surface area contributed by atoms with E-state index in [-0.39, 0.29) is 0 Å². The smallest absolute Gasteiger partial charge is 0.0367 e. The third-order valence-electron chi connectivity index (χ3n) is 3.84. The summed E-state index contributed by atoms with van der Waals surface area (Å²) in [5.74, 6) is 0. The van der Waals surface area contributed by atoms with E-state index in [4.69, 9.17) is 0 Å². The molecule has 2 nitrogen and oxygen atoms in total. The first-order valence-electron chi connectivity index (χ1n) is 6.92. The molecule has 2 aromatic rings. The Kier molecular flexibility index (Phi) is 3.51. The van der Waals surface area contributed by atoms with Crippen LogP contribution < -0.4 is 4.90 Å². The van der Waals surface area contributed by atoms with Crippen LogP contribution in [-0.4, -0.2) is 38.1 Å². The third kappa shape index (κ3) is 2.79. The Morgan fingerprint density at radius 2 is 1.26 bits per heavy atom. The maximum Gasteiger partial charge on any atom is 0.0367 e. The molecule has 0 spiro atoms. The minimum atomic E-state index is 1.13. The van der Waals surface area contributed by atoms with Gasteiger partial charge in [-0.05, 0) is 30.3 Å². The molecule has 0 radical (unpaired) electrons. The molecule has 1 saturated heterocycles. The predicted molar refractivity (Wildman–Crippen MR) is 81.6 cm³/mol. The number of nitrogens with zero attached hydrogens (tertiary/aromatic N) is 2. The van der Waals surface area contributed by atoms with Gasteiger partial charge in [-0.3, -0.25) is 0 Å². The van der Waals surface area contributed by atoms with Gasteiger partial charge in [-0.25, -0.2) is 0 Å². The first-order valence-corrected chi connectivity index (χ1v) is 6.92. The van der Waals surface area contributed by atoms with E-state index in [1.54, 1.807) is 0 Å². The van der Waals surface area contributed by atoms with Gasteiger partial charge in [0.15, 0.2) is 0 Å². The van der Waals surface area contributed by atoms with Crippen LogP contribution in [0.4, 0.5) is 5.69 Å². The summed E-state index contributed by atoms with van der Waals surface area (Å²) in [5.41, 5.74) is 3.92. The minimum absolute atomic E-state index is 1.13. The minimum Gasteiger partial charge on any atom is -0.369 e. The van der Waals surface area contributed by atoms with Crippen molar-refractivity contribution in [2.24, 2.45) is 0 Å². The van der Waals surface area contributed by atoms with Crippen molar-refractivity contribution in [2.75, 3.05) is 38.1 Å². The second-order valence-electron chi connectivity index (χ2n) is 5.20. The van der Waals surface area contributed by atoms with Crippen LogP contribution in [0.1, 0.15) is 0 Å². The molecule has 0 aliphatic carbocycles. The van der Waals surface area contributed by atoms with E-state index in [0.717, 1.165) is 26.2 Å². The zero-order valence-electron chi connectivity index (χ0n) is 11.4. The summed E-state index contributed by atoms with van der Waals surface area (Å²) in [6.07, 6.45) is 0. The Labute approximate surface area is 115 Å². The highest BCUT2D eigenvalue weighted by atomic mass is 15.2. The van der Waals surface area contributed by atoms with Crippen molar-refractivity contribution in [3.8, 4) is 11.1 Å². The van der Waals surface area contributed by atoms with Crippen LogP contribution in [0.25, 0.3) is 11.1 Å². The van der Waals surface area contributed by atoms with E-state index in [0.29, 0.717) is 0 Å². The number of likely N-dealkylation sites (N-methyl/N-ethyl adjacent to an activating group) is 1. The molecule has 1 aliphatic heterocycles. The lowest BCUT2D eigenvalue weighted by atomic mass is 10.1. The average molecular weight is 252 g/mol. The predicted octanol–water partition coefficient (Wildman–Crippen LogP) is 3.11. The van der Waals surface area contributed by atoms with Crippen LogP contribution >= 0.6 is 0 Å². The molecule has 1 fully saturated rings. The summed E-state index contributed by atoms with van der Waals surface area (Å²) in [5, 5.41) is 0. The number of piperazine rings is 1. The Bertz CT molecular complexity index is 511. The van der Waals surface area contributed by atoms with Crippen molar-refractivity contribution in [2.45, 2.75) is 0 Å². The van der Waals surface area contributed by atoms with Crippen molar-refractivity contribution < 1.29 is 0 Å². The first-order chi connectivity index (χ1) is 9.33. The molecular weight excluding hydrogens is 232 g/mol. The van der Waals surface area contributed by atoms with Gasteiger partial charge in [0.05, 0.1) is 0 Å². The number of hydrogen-bond donors (Lipinski definition) is 0. The summed E-state index contributed by atoms with van der Waals surface area (Å²) in [6.45, 7) is 4.56. The van der Waals surface area contributed by atoms with E-state index in [1.165, 1.54) is 16.8 Å². The van der Waals surface area contributed by atoms with Crippen LogP contribution in [0, 0.1) is 0 Å². The van der Waals surface area contributed by atoms with Gasteiger partial charge < -0.3 is 9.80 Å². The van der Waals surface area contributed by atoms with Crippen molar-refractivity contribution in [3.63, 3.8) is 0 Å². The van der Waals surface area contributed by atoms with Gasteiger partial charge in [0, 0.05) is 31.9 Å². The van der Waals surface area contributed by atoms with E-state index in [9.17, 15) is 0 Å². The van der Waals surface area contributed by atoms with Crippen LogP contribution in [0.3, 0.4) is 0 Å². The molecule has 0 atom stereocenters. The average Bonchev–Trinajstić information content (AvgIpc) is 2.49. The molecule has 0 unspecified atom stereocenters. The standard InChI is InChI=1S/C17H20N2/c1-18-11-13-19(14-12-18)17-9-7-16(8-10-17)15-5-3-2-4-6-15/h2-10H,11-14H2,1H3. The van der Waals surface area contributed by atoms with Gasteiger partial charge in [-0.15, -0.1) is 0 Å². The summed E-state index contributed by atoms with van der Waals surface area (Å²) in [4.78, 5) is 4.85. The molecule has 1 heterocycles. The third-order valence-corrected chi connectivity index (χ3v) is 3.84. The zero-order chi connectivity index (χ0) is 13.1. The molecule has 19 heavy (non-hydrogen) atoms. The monoisotopic (exact) mass is 252 g/mol. The topological polar surface area (TPSA) is 6.48 Å². The van der Waals surface area contributed by atoms with Gasteiger partial charge in [-0.2, -0.15) is 0 Å². The highest BCUT2D eigenvalue weighted by Gasteiger charge is 2.13. The lowest BCUT2D eigenvalue weighted by Crippen LogP contribution is -2.44. The van der Waals surface area contributed by atoms with Crippen LogP contribution in [0.2, 0.25) is 0 Å². The summed E-state index contributed by atoms with van der Waals surface area (Å²) in [7, 11) is 2.19. The fourth-order valence-corrected chi connectivity index (χ4v) is 2.56. The molecular formula is C17H20N2. The molecule has 98 valence electrons. The van der Waals surface area contributed by atoms with Crippen LogP contribution in [0.15, 0.2) is 54.6 Å². The molecule has 1 aliphatic rings. The molecule has 0 N–H and O–H groups in total.